The summed E-state index contributed by atoms with van der Waals surface area (Å²) < 4.78 is 0. The lowest BCUT2D eigenvalue weighted by molar-refractivity contribution is -0.707. The van der Waals surface area contributed by atoms with Crippen LogP contribution >= 0.6 is 0 Å². The third-order valence-electron chi connectivity index (χ3n) is 4.19. The van der Waals surface area contributed by atoms with E-state index in [9.17, 15) is 4.79 Å². The number of nitrogens with two attached hydrogens (primary N) is 1. The van der Waals surface area contributed by atoms with Crippen molar-refractivity contribution in [1.29, 1.82) is 0 Å². The number of rotatable bonds is 4. The van der Waals surface area contributed by atoms with Gasteiger partial charge in [-0.25, -0.2) is 0 Å². The number of carbonyl (C=O) groups excluding carboxylic acids is 1. The molecule has 1 amide bonds. The van der Waals surface area contributed by atoms with Gasteiger partial charge in [-0.15, -0.1) is 0 Å². The average Bonchev–Trinajstić information content (AvgIpc) is 2.70. The number of anilines is 1. The van der Waals surface area contributed by atoms with E-state index >= 15 is 0 Å². The Morgan fingerprint density at radius 1 is 1.15 bits per heavy atom. The monoisotopic (exact) mass is 275 g/mol. The molecular formula is C17H27N2O+. The molecule has 0 radical (unpaired) electrons. The molecule has 0 spiro atoms. The molecule has 20 heavy (non-hydrogen) atoms. The second-order valence-corrected chi connectivity index (χ2v) is 6.09. The summed E-state index contributed by atoms with van der Waals surface area (Å²) in [6, 6.07) is 8.58. The third kappa shape index (κ3) is 4.64. The lowest BCUT2D eigenvalue weighted by atomic mass is 10.1. The molecule has 0 unspecified atom stereocenters. The molecule has 1 fully saturated rings. The van der Waals surface area contributed by atoms with Crippen LogP contribution in [0.5, 0.6) is 0 Å². The van der Waals surface area contributed by atoms with Gasteiger partial charge >= 0.3 is 0 Å². The lowest BCUT2D eigenvalue weighted by Gasteiger charge is -2.18. The molecule has 1 aliphatic carbocycles. The van der Waals surface area contributed by atoms with Crippen molar-refractivity contribution >= 4 is 11.6 Å². The van der Waals surface area contributed by atoms with Crippen LogP contribution in [0.1, 0.15) is 51.0 Å². The summed E-state index contributed by atoms with van der Waals surface area (Å²) in [5.74, 6) is 0.109. The van der Waals surface area contributed by atoms with Gasteiger partial charge < -0.3 is 10.6 Å². The fourth-order valence-electron chi connectivity index (χ4n) is 2.89. The molecule has 3 N–H and O–H groups in total. The van der Waals surface area contributed by atoms with E-state index in [1.165, 1.54) is 44.1 Å². The molecule has 1 aromatic carbocycles. The zero-order valence-corrected chi connectivity index (χ0v) is 12.7. The Hall–Kier alpha value is -1.35. The Balaban J connectivity index is 1.83. The largest absolute Gasteiger partial charge is 0.334 e. The molecule has 0 heterocycles. The van der Waals surface area contributed by atoms with Crippen LogP contribution in [0.15, 0.2) is 24.3 Å². The van der Waals surface area contributed by atoms with E-state index in [0.717, 1.165) is 5.69 Å². The number of aryl methyl sites for hydroxylation is 1. The fraction of sp³-hybridized carbons (Fsp3) is 0.588. The van der Waals surface area contributed by atoms with E-state index in [0.29, 0.717) is 6.04 Å². The van der Waals surface area contributed by atoms with E-state index < -0.39 is 0 Å². The molecule has 110 valence electrons. The maximum absolute atomic E-state index is 12.2. The zero-order valence-electron chi connectivity index (χ0n) is 12.7. The first kappa shape index (κ1) is 15.0. The maximum Gasteiger partial charge on any atom is 0.282 e. The van der Waals surface area contributed by atoms with Gasteiger partial charge in [-0.2, -0.15) is 0 Å². The highest BCUT2D eigenvalue weighted by Crippen LogP contribution is 2.15. The molecule has 0 aromatic heterocycles. The molecule has 1 aromatic rings. The molecule has 3 heteroatoms. The third-order valence-corrected chi connectivity index (χ3v) is 4.19. The van der Waals surface area contributed by atoms with Crippen LogP contribution in [-0.4, -0.2) is 18.0 Å². The minimum absolute atomic E-state index is 0.0144. The van der Waals surface area contributed by atoms with Crippen LogP contribution in [0.25, 0.3) is 0 Å². The first-order chi connectivity index (χ1) is 9.65. The number of amides is 1. The smallest absolute Gasteiger partial charge is 0.282 e. The van der Waals surface area contributed by atoms with Crippen molar-refractivity contribution in [1.82, 2.24) is 0 Å². The molecule has 1 atom stereocenters. The highest BCUT2D eigenvalue weighted by Gasteiger charge is 2.22. The van der Waals surface area contributed by atoms with Gasteiger partial charge in [-0.1, -0.05) is 30.5 Å². The Morgan fingerprint density at radius 3 is 2.35 bits per heavy atom. The normalized spacial score (nSPS) is 18.3. The van der Waals surface area contributed by atoms with Gasteiger partial charge in [0.25, 0.3) is 5.91 Å². The van der Waals surface area contributed by atoms with Crippen LogP contribution in [0.4, 0.5) is 5.69 Å². The summed E-state index contributed by atoms with van der Waals surface area (Å²) in [4.78, 5) is 12.2. The van der Waals surface area contributed by atoms with Gasteiger partial charge in [-0.05, 0) is 51.7 Å². The van der Waals surface area contributed by atoms with Gasteiger partial charge in [0.2, 0.25) is 0 Å². The highest BCUT2D eigenvalue weighted by molar-refractivity contribution is 5.93. The second-order valence-electron chi connectivity index (χ2n) is 6.09. The first-order valence-electron chi connectivity index (χ1n) is 7.87. The van der Waals surface area contributed by atoms with Crippen molar-refractivity contribution in [2.45, 2.75) is 64.5 Å². The topological polar surface area (TPSA) is 45.7 Å². The summed E-state index contributed by atoms with van der Waals surface area (Å²) in [6.07, 6.45) is 7.84. The summed E-state index contributed by atoms with van der Waals surface area (Å²) in [7, 11) is 0. The Kier molecular flexibility index (Phi) is 5.60. The van der Waals surface area contributed by atoms with Gasteiger partial charge in [0.15, 0.2) is 6.04 Å². The molecule has 0 bridgehead atoms. The molecule has 1 aliphatic rings. The predicted octanol–water partition coefficient (Wildman–Crippen LogP) is 2.61. The van der Waals surface area contributed by atoms with E-state index in [4.69, 9.17) is 0 Å². The van der Waals surface area contributed by atoms with E-state index in [2.05, 4.69) is 10.6 Å². The van der Waals surface area contributed by atoms with E-state index in [1.807, 2.05) is 38.1 Å². The average molecular weight is 275 g/mol. The quantitative estimate of drug-likeness (QED) is 0.815. The number of quaternary nitrogens is 1. The van der Waals surface area contributed by atoms with Crippen LogP contribution < -0.4 is 10.6 Å². The van der Waals surface area contributed by atoms with Crippen molar-refractivity contribution in [2.75, 3.05) is 5.32 Å². The number of benzene rings is 1. The number of hydrogen-bond acceptors (Lipinski definition) is 1. The van der Waals surface area contributed by atoms with Crippen LogP contribution in [0, 0.1) is 6.92 Å². The number of nitrogens with one attached hydrogen (secondary N) is 1. The summed E-state index contributed by atoms with van der Waals surface area (Å²) in [5.41, 5.74) is 2.10. The molecule has 0 aliphatic heterocycles. The fourth-order valence-corrected chi connectivity index (χ4v) is 2.89. The van der Waals surface area contributed by atoms with Crippen molar-refractivity contribution in [3.63, 3.8) is 0 Å². The van der Waals surface area contributed by atoms with E-state index in [1.54, 1.807) is 0 Å². The van der Waals surface area contributed by atoms with Crippen molar-refractivity contribution in [2.24, 2.45) is 0 Å². The SMILES string of the molecule is Cc1ccc(NC(=O)[C@@H](C)[NH2+]C2CCCCCC2)cc1. The van der Waals surface area contributed by atoms with Crippen molar-refractivity contribution < 1.29 is 10.1 Å². The maximum atomic E-state index is 12.2. The van der Waals surface area contributed by atoms with Crippen LogP contribution in [0.2, 0.25) is 0 Å². The summed E-state index contributed by atoms with van der Waals surface area (Å²) in [5, 5.41) is 5.26. The highest BCUT2D eigenvalue weighted by atomic mass is 16.2. The second kappa shape index (κ2) is 7.44. The molecule has 1 saturated carbocycles. The molecule has 0 saturated heterocycles. The van der Waals surface area contributed by atoms with Crippen LogP contribution in [0.3, 0.4) is 0 Å². The Labute approximate surface area is 122 Å². The molecular weight excluding hydrogens is 248 g/mol. The summed E-state index contributed by atoms with van der Waals surface area (Å²) >= 11 is 0. The number of hydrogen-bond donors (Lipinski definition) is 2. The molecule has 2 rings (SSSR count). The Morgan fingerprint density at radius 2 is 1.75 bits per heavy atom. The van der Waals surface area contributed by atoms with Crippen molar-refractivity contribution in [3.05, 3.63) is 29.8 Å². The Bertz CT molecular complexity index is 419. The van der Waals surface area contributed by atoms with Crippen LogP contribution in [-0.2, 0) is 4.79 Å². The van der Waals surface area contributed by atoms with Gasteiger partial charge in [-0.3, -0.25) is 4.79 Å². The summed E-state index contributed by atoms with van der Waals surface area (Å²) in [6.45, 7) is 4.06. The van der Waals surface area contributed by atoms with E-state index in [-0.39, 0.29) is 11.9 Å². The standard InChI is InChI=1S/C17H26N2O/c1-13-9-11-16(12-10-13)19-17(20)14(2)18-15-7-5-3-4-6-8-15/h9-12,14-15,18H,3-8H2,1-2H3,(H,19,20)/p+1/t14-/m1/s1. The number of carbonyl (C=O) groups is 1. The minimum atomic E-state index is -0.0144. The van der Waals surface area contributed by atoms with Gasteiger partial charge in [0.05, 0.1) is 6.04 Å². The van der Waals surface area contributed by atoms with Gasteiger partial charge in [0, 0.05) is 5.69 Å². The minimum Gasteiger partial charge on any atom is -0.334 e. The van der Waals surface area contributed by atoms with Crippen molar-refractivity contribution in [3.8, 4) is 0 Å². The first-order valence-corrected chi connectivity index (χ1v) is 7.87. The zero-order chi connectivity index (χ0) is 14.4. The van der Waals surface area contributed by atoms with Gasteiger partial charge in [0.1, 0.15) is 0 Å². The molecule has 3 nitrogen and oxygen atoms in total. The lowest BCUT2D eigenvalue weighted by Crippen LogP contribution is -2.96. The predicted molar refractivity (Wildman–Crippen MR) is 82.7 cm³/mol.